The smallest absolute Gasteiger partial charge is 0.323 e. The minimum atomic E-state index is -0.945. The first-order valence-corrected chi connectivity index (χ1v) is 9.23. The van der Waals surface area contributed by atoms with Crippen molar-refractivity contribution in [2.45, 2.75) is 38.3 Å². The normalized spacial score (nSPS) is 14.6. The molecule has 3 rings (SSSR count). The first-order chi connectivity index (χ1) is 12.9. The topological polar surface area (TPSA) is 67.8 Å². The van der Waals surface area contributed by atoms with Crippen LogP contribution in [0.2, 0.25) is 0 Å². The molecule has 1 atom stereocenters. The van der Waals surface area contributed by atoms with Gasteiger partial charge in [-0.1, -0.05) is 48.5 Å². The number of hydrogen-bond acceptors (Lipinski definition) is 4. The van der Waals surface area contributed by atoms with Crippen LogP contribution in [0, 0.1) is 0 Å². The zero-order chi connectivity index (χ0) is 19.4. The Morgan fingerprint density at radius 2 is 1.63 bits per heavy atom. The maximum Gasteiger partial charge on any atom is 0.323 e. The van der Waals surface area contributed by atoms with Crippen LogP contribution in [-0.2, 0) is 14.3 Å². The summed E-state index contributed by atoms with van der Waals surface area (Å²) in [6.07, 6.45) is 0. The van der Waals surface area contributed by atoms with E-state index in [1.54, 1.807) is 0 Å². The van der Waals surface area contributed by atoms with E-state index in [1.807, 2.05) is 45.0 Å². The van der Waals surface area contributed by atoms with Crippen LogP contribution in [-0.4, -0.2) is 42.7 Å². The number of carboxylic acid groups (broad SMARTS) is 1. The SMILES string of the molecule is CC(C)(C)OC[C@H](NCOCC1c2ccccc2-c2ccccc21)C(=O)O. The Balaban J connectivity index is 1.58. The Bertz CT molecular complexity index is 751. The zero-order valence-electron chi connectivity index (χ0n) is 16.1. The van der Waals surface area contributed by atoms with E-state index in [2.05, 4.69) is 29.6 Å². The van der Waals surface area contributed by atoms with Crippen LogP contribution < -0.4 is 5.32 Å². The fourth-order valence-corrected chi connectivity index (χ4v) is 3.33. The van der Waals surface area contributed by atoms with E-state index in [9.17, 15) is 9.90 Å². The van der Waals surface area contributed by atoms with Gasteiger partial charge in [-0.15, -0.1) is 0 Å². The Kier molecular flexibility index (Phi) is 5.95. The molecule has 0 unspecified atom stereocenters. The largest absolute Gasteiger partial charge is 0.480 e. The number of hydrogen-bond donors (Lipinski definition) is 2. The molecule has 5 heteroatoms. The van der Waals surface area contributed by atoms with Gasteiger partial charge in [0, 0.05) is 5.92 Å². The number of nitrogens with one attached hydrogen (secondary N) is 1. The van der Waals surface area contributed by atoms with Crippen LogP contribution in [0.1, 0.15) is 37.8 Å². The van der Waals surface area contributed by atoms with Crippen LogP contribution in [0.3, 0.4) is 0 Å². The number of benzene rings is 2. The summed E-state index contributed by atoms with van der Waals surface area (Å²) in [5.41, 5.74) is 4.62. The predicted molar refractivity (Wildman–Crippen MR) is 105 cm³/mol. The number of aliphatic carboxylic acids is 1. The van der Waals surface area contributed by atoms with Crippen molar-refractivity contribution in [3.63, 3.8) is 0 Å². The highest BCUT2D eigenvalue weighted by Crippen LogP contribution is 2.44. The molecule has 27 heavy (non-hydrogen) atoms. The van der Waals surface area contributed by atoms with Gasteiger partial charge in [-0.25, -0.2) is 0 Å². The van der Waals surface area contributed by atoms with E-state index in [4.69, 9.17) is 9.47 Å². The summed E-state index contributed by atoms with van der Waals surface area (Å²) in [6, 6.07) is 15.9. The molecule has 0 aromatic heterocycles. The molecule has 1 aliphatic rings. The van der Waals surface area contributed by atoms with Gasteiger partial charge in [0.25, 0.3) is 0 Å². The van der Waals surface area contributed by atoms with Crippen molar-refractivity contribution in [3.8, 4) is 11.1 Å². The third-order valence-electron chi connectivity index (χ3n) is 4.66. The number of ether oxygens (including phenoxy) is 2. The molecule has 0 fully saturated rings. The number of carbonyl (C=O) groups is 1. The van der Waals surface area contributed by atoms with Gasteiger partial charge >= 0.3 is 5.97 Å². The summed E-state index contributed by atoms with van der Waals surface area (Å²) >= 11 is 0. The van der Waals surface area contributed by atoms with E-state index in [0.29, 0.717) is 6.61 Å². The minimum Gasteiger partial charge on any atom is -0.480 e. The van der Waals surface area contributed by atoms with E-state index < -0.39 is 12.0 Å². The third-order valence-corrected chi connectivity index (χ3v) is 4.66. The van der Waals surface area contributed by atoms with Gasteiger partial charge in [-0.3, -0.25) is 10.1 Å². The molecule has 0 bridgehead atoms. The van der Waals surface area contributed by atoms with Crippen molar-refractivity contribution in [1.82, 2.24) is 5.32 Å². The molecule has 0 radical (unpaired) electrons. The van der Waals surface area contributed by atoms with Crippen LogP contribution in [0.15, 0.2) is 48.5 Å². The molecule has 2 aromatic rings. The summed E-state index contributed by atoms with van der Waals surface area (Å²) in [5.74, 6) is -0.785. The lowest BCUT2D eigenvalue weighted by molar-refractivity contribution is -0.143. The number of fused-ring (bicyclic) bond motifs is 3. The number of rotatable bonds is 8. The van der Waals surface area contributed by atoms with Crippen molar-refractivity contribution < 1.29 is 19.4 Å². The molecule has 5 nitrogen and oxygen atoms in total. The molecule has 144 valence electrons. The molecule has 0 aliphatic heterocycles. The van der Waals surface area contributed by atoms with Gasteiger partial charge in [0.15, 0.2) is 0 Å². The first kappa shape index (κ1) is 19.5. The van der Waals surface area contributed by atoms with Crippen LogP contribution in [0.4, 0.5) is 0 Å². The van der Waals surface area contributed by atoms with Gasteiger partial charge < -0.3 is 14.6 Å². The second kappa shape index (κ2) is 8.21. The molecular formula is C22H27NO4. The highest BCUT2D eigenvalue weighted by molar-refractivity contribution is 5.78. The lowest BCUT2D eigenvalue weighted by Crippen LogP contribution is -2.43. The summed E-state index contributed by atoms with van der Waals surface area (Å²) in [7, 11) is 0. The van der Waals surface area contributed by atoms with Crippen molar-refractivity contribution >= 4 is 5.97 Å². The first-order valence-electron chi connectivity index (χ1n) is 9.23. The zero-order valence-corrected chi connectivity index (χ0v) is 16.1. The van der Waals surface area contributed by atoms with E-state index in [0.717, 1.165) is 0 Å². The van der Waals surface area contributed by atoms with Gasteiger partial charge in [-0.2, -0.15) is 0 Å². The monoisotopic (exact) mass is 369 g/mol. The summed E-state index contributed by atoms with van der Waals surface area (Å²) < 4.78 is 11.4. The van der Waals surface area contributed by atoms with E-state index in [1.165, 1.54) is 22.3 Å². The molecule has 0 amide bonds. The Morgan fingerprint density at radius 1 is 1.07 bits per heavy atom. The van der Waals surface area contributed by atoms with Gasteiger partial charge in [0.1, 0.15) is 6.04 Å². The molecule has 0 saturated heterocycles. The van der Waals surface area contributed by atoms with E-state index in [-0.39, 0.29) is 24.9 Å². The summed E-state index contributed by atoms with van der Waals surface area (Å²) in [5, 5.41) is 12.3. The lowest BCUT2D eigenvalue weighted by Gasteiger charge is -2.23. The molecule has 0 spiro atoms. The lowest BCUT2D eigenvalue weighted by atomic mass is 9.98. The standard InChI is InChI=1S/C22H27NO4/c1-22(2,3)27-13-20(21(24)25)23-14-26-12-19-17-10-6-4-8-15(17)16-9-5-7-11-18(16)19/h4-11,19-20,23H,12-14H2,1-3H3,(H,24,25)/t20-/m0/s1. The minimum absolute atomic E-state index is 0.0945. The maximum absolute atomic E-state index is 11.4. The fraction of sp³-hybridized carbons (Fsp3) is 0.409. The molecule has 0 saturated carbocycles. The van der Waals surface area contributed by atoms with Crippen molar-refractivity contribution in [1.29, 1.82) is 0 Å². The molecular weight excluding hydrogens is 342 g/mol. The van der Waals surface area contributed by atoms with Gasteiger partial charge in [-0.05, 0) is 43.0 Å². The van der Waals surface area contributed by atoms with Crippen molar-refractivity contribution in [2.24, 2.45) is 0 Å². The van der Waals surface area contributed by atoms with Crippen molar-refractivity contribution in [3.05, 3.63) is 59.7 Å². The average Bonchev–Trinajstić information content (AvgIpc) is 2.94. The Labute approximate surface area is 160 Å². The van der Waals surface area contributed by atoms with E-state index >= 15 is 0 Å². The van der Waals surface area contributed by atoms with Crippen LogP contribution in [0.25, 0.3) is 11.1 Å². The second-order valence-corrected chi connectivity index (χ2v) is 7.76. The third kappa shape index (κ3) is 4.75. The summed E-state index contributed by atoms with van der Waals surface area (Å²) in [6.45, 7) is 6.45. The quantitative estimate of drug-likeness (QED) is 0.549. The van der Waals surface area contributed by atoms with Crippen LogP contribution >= 0.6 is 0 Å². The van der Waals surface area contributed by atoms with Crippen molar-refractivity contribution in [2.75, 3.05) is 19.9 Å². The highest BCUT2D eigenvalue weighted by Gasteiger charge is 2.28. The Morgan fingerprint density at radius 3 is 2.15 bits per heavy atom. The number of carboxylic acids is 1. The van der Waals surface area contributed by atoms with Crippen LogP contribution in [0.5, 0.6) is 0 Å². The predicted octanol–water partition coefficient (Wildman–Crippen LogP) is 3.63. The molecule has 2 aromatic carbocycles. The summed E-state index contributed by atoms with van der Waals surface area (Å²) in [4.78, 5) is 11.4. The van der Waals surface area contributed by atoms with Gasteiger partial charge in [0.05, 0.1) is 25.5 Å². The average molecular weight is 369 g/mol. The molecule has 0 heterocycles. The molecule has 2 N–H and O–H groups in total. The molecule has 1 aliphatic carbocycles. The maximum atomic E-state index is 11.4. The Hall–Kier alpha value is -2.21. The van der Waals surface area contributed by atoms with Gasteiger partial charge in [0.2, 0.25) is 0 Å². The second-order valence-electron chi connectivity index (χ2n) is 7.76. The highest BCUT2D eigenvalue weighted by atomic mass is 16.5. The fourth-order valence-electron chi connectivity index (χ4n) is 3.33.